The smallest absolute Gasteiger partial charge is 0.227 e. The summed E-state index contributed by atoms with van der Waals surface area (Å²) < 4.78 is 6.20. The largest absolute Gasteiger partial charge is 0.339 e. The highest BCUT2D eigenvalue weighted by atomic mass is 32.2. The summed E-state index contributed by atoms with van der Waals surface area (Å²) in [4.78, 5) is 21.0. The maximum Gasteiger partial charge on any atom is 0.227 e. The molecule has 0 fully saturated rings. The number of hydrogen-bond acceptors (Lipinski definition) is 10. The van der Waals surface area contributed by atoms with Crippen LogP contribution in [0.5, 0.6) is 0 Å². The standard InChI is InChI=1S/C19H18N6O2S3/c1-11-5-3-4-6-13(11)14-9-28-19(20-14)29-10-15-21-17(27-25-15)8-7-16(26)22-18-24-23-12(2)30-18/h3-6,9H,7-8,10H2,1-2H3,(H,22,24,26). The van der Waals surface area contributed by atoms with Crippen molar-refractivity contribution in [3.63, 3.8) is 0 Å². The zero-order valence-electron chi connectivity index (χ0n) is 16.3. The number of anilines is 1. The first-order valence-electron chi connectivity index (χ1n) is 9.12. The molecule has 1 aromatic carbocycles. The number of amides is 1. The van der Waals surface area contributed by atoms with E-state index in [4.69, 9.17) is 9.51 Å². The molecule has 4 rings (SSSR count). The molecule has 0 radical (unpaired) electrons. The van der Waals surface area contributed by atoms with Crippen molar-refractivity contribution in [1.82, 2.24) is 25.3 Å². The number of nitrogens with one attached hydrogen (secondary N) is 1. The van der Waals surface area contributed by atoms with Gasteiger partial charge in [-0.2, -0.15) is 4.98 Å². The van der Waals surface area contributed by atoms with Crippen LogP contribution in [0.15, 0.2) is 38.5 Å². The lowest BCUT2D eigenvalue weighted by molar-refractivity contribution is -0.116. The molecule has 0 unspecified atom stereocenters. The molecule has 4 aromatic rings. The Bertz CT molecular complexity index is 1150. The van der Waals surface area contributed by atoms with Crippen LogP contribution in [0.2, 0.25) is 0 Å². The fourth-order valence-electron chi connectivity index (χ4n) is 2.63. The molecule has 0 spiro atoms. The first kappa shape index (κ1) is 20.6. The van der Waals surface area contributed by atoms with E-state index in [-0.39, 0.29) is 12.3 Å². The molecule has 0 aliphatic rings. The van der Waals surface area contributed by atoms with Crippen LogP contribution in [0.3, 0.4) is 0 Å². The van der Waals surface area contributed by atoms with E-state index in [9.17, 15) is 4.79 Å². The minimum Gasteiger partial charge on any atom is -0.339 e. The number of rotatable bonds is 8. The maximum atomic E-state index is 12.0. The van der Waals surface area contributed by atoms with Crippen molar-refractivity contribution in [3.8, 4) is 11.3 Å². The number of aromatic nitrogens is 5. The van der Waals surface area contributed by atoms with E-state index in [1.807, 2.05) is 19.1 Å². The predicted molar refractivity (Wildman–Crippen MR) is 118 cm³/mol. The molecule has 8 nitrogen and oxygen atoms in total. The second-order valence-corrected chi connectivity index (χ2v) is 9.64. The maximum absolute atomic E-state index is 12.0. The molecule has 0 bridgehead atoms. The molecule has 154 valence electrons. The molecular formula is C19H18N6O2S3. The summed E-state index contributed by atoms with van der Waals surface area (Å²) in [6.07, 6.45) is 0.607. The summed E-state index contributed by atoms with van der Waals surface area (Å²) in [5, 5.41) is 17.8. The highest BCUT2D eigenvalue weighted by Gasteiger charge is 2.13. The topological polar surface area (TPSA) is 107 Å². The summed E-state index contributed by atoms with van der Waals surface area (Å²) in [6.45, 7) is 3.91. The molecule has 0 aliphatic heterocycles. The van der Waals surface area contributed by atoms with Gasteiger partial charge in [-0.25, -0.2) is 4.98 Å². The van der Waals surface area contributed by atoms with Gasteiger partial charge in [0.15, 0.2) is 10.2 Å². The molecule has 3 aromatic heterocycles. The number of aryl methyl sites for hydroxylation is 3. The van der Waals surface area contributed by atoms with Crippen molar-refractivity contribution in [2.45, 2.75) is 36.8 Å². The fourth-order valence-corrected chi connectivity index (χ4v) is 4.91. The number of hydrogen-bond donors (Lipinski definition) is 1. The Morgan fingerprint density at radius 3 is 2.87 bits per heavy atom. The number of benzene rings is 1. The zero-order valence-corrected chi connectivity index (χ0v) is 18.7. The van der Waals surface area contributed by atoms with Gasteiger partial charge >= 0.3 is 0 Å². The molecule has 11 heteroatoms. The monoisotopic (exact) mass is 458 g/mol. The lowest BCUT2D eigenvalue weighted by Gasteiger charge is -2.00. The van der Waals surface area contributed by atoms with Gasteiger partial charge in [-0.05, 0) is 19.4 Å². The normalized spacial score (nSPS) is 11.0. The van der Waals surface area contributed by atoms with Gasteiger partial charge in [-0.3, -0.25) is 4.79 Å². The molecule has 3 heterocycles. The summed E-state index contributed by atoms with van der Waals surface area (Å²) in [6, 6.07) is 8.20. The fraction of sp³-hybridized carbons (Fsp3) is 0.263. The average molecular weight is 459 g/mol. The summed E-state index contributed by atoms with van der Waals surface area (Å²) in [7, 11) is 0. The Kier molecular flexibility index (Phi) is 6.50. The van der Waals surface area contributed by atoms with Gasteiger partial charge in [0.05, 0.1) is 11.4 Å². The van der Waals surface area contributed by atoms with E-state index in [0.717, 1.165) is 20.6 Å². The van der Waals surface area contributed by atoms with Crippen molar-refractivity contribution in [1.29, 1.82) is 0 Å². The molecule has 1 amide bonds. The van der Waals surface area contributed by atoms with Crippen molar-refractivity contribution in [2.24, 2.45) is 0 Å². The third-order valence-electron chi connectivity index (χ3n) is 4.08. The number of carbonyl (C=O) groups is 1. The van der Waals surface area contributed by atoms with E-state index >= 15 is 0 Å². The van der Waals surface area contributed by atoms with Crippen LogP contribution in [0, 0.1) is 13.8 Å². The number of nitrogens with zero attached hydrogens (tertiary/aromatic N) is 5. The van der Waals surface area contributed by atoms with Crippen LogP contribution in [-0.4, -0.2) is 31.2 Å². The molecule has 1 N–H and O–H groups in total. The van der Waals surface area contributed by atoms with Crippen LogP contribution in [-0.2, 0) is 17.0 Å². The van der Waals surface area contributed by atoms with Gasteiger partial charge in [0.25, 0.3) is 0 Å². The third-order valence-corrected chi connectivity index (χ3v) is 6.85. The lowest BCUT2D eigenvalue weighted by Crippen LogP contribution is -2.12. The van der Waals surface area contributed by atoms with Crippen molar-refractivity contribution in [2.75, 3.05) is 5.32 Å². The number of carbonyl (C=O) groups excluding carboxylic acids is 1. The van der Waals surface area contributed by atoms with Crippen molar-refractivity contribution < 1.29 is 9.32 Å². The number of thioether (sulfide) groups is 1. The second-order valence-electron chi connectivity index (χ2n) is 6.38. The summed E-state index contributed by atoms with van der Waals surface area (Å²) >= 11 is 4.50. The first-order chi connectivity index (χ1) is 14.6. The van der Waals surface area contributed by atoms with E-state index in [2.05, 4.69) is 50.1 Å². The lowest BCUT2D eigenvalue weighted by atomic mass is 10.1. The highest BCUT2D eigenvalue weighted by molar-refractivity contribution is 8.00. The quantitative estimate of drug-likeness (QED) is 0.384. The van der Waals surface area contributed by atoms with Crippen LogP contribution in [0.25, 0.3) is 11.3 Å². The van der Waals surface area contributed by atoms with E-state index in [1.54, 1.807) is 23.1 Å². The summed E-state index contributed by atoms with van der Waals surface area (Å²) in [5.41, 5.74) is 3.32. The van der Waals surface area contributed by atoms with Crippen molar-refractivity contribution in [3.05, 3.63) is 51.9 Å². The van der Waals surface area contributed by atoms with E-state index < -0.39 is 0 Å². The predicted octanol–water partition coefficient (Wildman–Crippen LogP) is 4.53. The Morgan fingerprint density at radius 2 is 2.07 bits per heavy atom. The molecular weight excluding hydrogens is 440 g/mol. The van der Waals surface area contributed by atoms with Crippen LogP contribution in [0.4, 0.5) is 5.13 Å². The Hall–Kier alpha value is -2.63. The third kappa shape index (κ3) is 5.29. The molecule has 0 saturated carbocycles. The summed E-state index contributed by atoms with van der Waals surface area (Å²) in [5.74, 6) is 1.42. The minimum atomic E-state index is -0.160. The van der Waals surface area contributed by atoms with Crippen LogP contribution < -0.4 is 5.32 Å². The highest BCUT2D eigenvalue weighted by Crippen LogP contribution is 2.31. The molecule has 0 atom stereocenters. The van der Waals surface area contributed by atoms with Gasteiger partial charge in [-0.15, -0.1) is 21.5 Å². The first-order valence-corrected chi connectivity index (χ1v) is 11.8. The van der Waals surface area contributed by atoms with Gasteiger partial charge in [-0.1, -0.05) is 52.5 Å². The van der Waals surface area contributed by atoms with Crippen LogP contribution >= 0.6 is 34.4 Å². The zero-order chi connectivity index (χ0) is 20.9. The van der Waals surface area contributed by atoms with E-state index in [0.29, 0.717) is 29.0 Å². The molecule has 0 saturated heterocycles. The van der Waals surface area contributed by atoms with Gasteiger partial charge < -0.3 is 9.84 Å². The molecule has 0 aliphatic carbocycles. The van der Waals surface area contributed by atoms with Gasteiger partial charge in [0.2, 0.25) is 16.9 Å². The Labute approximate surface area is 185 Å². The van der Waals surface area contributed by atoms with Gasteiger partial charge in [0.1, 0.15) is 5.01 Å². The van der Waals surface area contributed by atoms with Gasteiger partial charge in [0, 0.05) is 23.8 Å². The number of thiazole rings is 1. The molecule has 30 heavy (non-hydrogen) atoms. The second kappa shape index (κ2) is 9.45. The SMILES string of the molecule is Cc1nnc(NC(=O)CCc2nc(CSc3nc(-c4ccccc4C)cs3)no2)s1. The van der Waals surface area contributed by atoms with Crippen molar-refractivity contribution >= 4 is 45.5 Å². The Balaban J connectivity index is 1.27. The Morgan fingerprint density at radius 1 is 1.20 bits per heavy atom. The van der Waals surface area contributed by atoms with E-state index in [1.165, 1.54) is 16.9 Å². The average Bonchev–Trinajstić information content (AvgIpc) is 3.47. The van der Waals surface area contributed by atoms with Crippen LogP contribution in [0.1, 0.15) is 28.7 Å². The minimum absolute atomic E-state index is 0.160.